The van der Waals surface area contributed by atoms with Gasteiger partial charge in [-0.05, 0) is 18.9 Å². The van der Waals surface area contributed by atoms with E-state index in [2.05, 4.69) is 10.6 Å². The fourth-order valence-electron chi connectivity index (χ4n) is 3.20. The standard InChI is InChI=1S/C19H22N2O6/c1-25-10-14-13-8-4-5-9-15(13)27-17(14)18(23)26-11-16(22)21-19(24)20-12-6-2-3-7-12/h4-5,8-9,12H,2-3,6-7,10-11H2,1H3,(H2,20,21,22,24). The van der Waals surface area contributed by atoms with Crippen molar-refractivity contribution in [1.82, 2.24) is 10.6 Å². The van der Waals surface area contributed by atoms with E-state index >= 15 is 0 Å². The number of hydrogen-bond acceptors (Lipinski definition) is 6. The number of benzene rings is 1. The number of furan rings is 1. The molecule has 0 spiro atoms. The van der Waals surface area contributed by atoms with Crippen LogP contribution in [-0.4, -0.2) is 37.7 Å². The van der Waals surface area contributed by atoms with Gasteiger partial charge < -0.3 is 19.2 Å². The van der Waals surface area contributed by atoms with E-state index in [0.717, 1.165) is 31.1 Å². The summed E-state index contributed by atoms with van der Waals surface area (Å²) < 4.78 is 15.7. The fraction of sp³-hybridized carbons (Fsp3) is 0.421. The molecule has 0 unspecified atom stereocenters. The molecule has 1 fully saturated rings. The first-order valence-corrected chi connectivity index (χ1v) is 8.85. The van der Waals surface area contributed by atoms with Crippen molar-refractivity contribution in [1.29, 1.82) is 0 Å². The molecule has 0 radical (unpaired) electrons. The van der Waals surface area contributed by atoms with Crippen LogP contribution in [-0.2, 0) is 20.9 Å². The first-order chi connectivity index (χ1) is 13.1. The van der Waals surface area contributed by atoms with Crippen molar-refractivity contribution < 1.29 is 28.3 Å². The van der Waals surface area contributed by atoms with Crippen LogP contribution < -0.4 is 10.6 Å². The average molecular weight is 374 g/mol. The molecule has 1 heterocycles. The van der Waals surface area contributed by atoms with Crippen LogP contribution in [0.5, 0.6) is 0 Å². The van der Waals surface area contributed by atoms with Gasteiger partial charge in [-0.25, -0.2) is 9.59 Å². The molecule has 8 nitrogen and oxygen atoms in total. The Morgan fingerprint density at radius 1 is 1.19 bits per heavy atom. The molecule has 144 valence electrons. The molecule has 8 heteroatoms. The van der Waals surface area contributed by atoms with Gasteiger partial charge >= 0.3 is 12.0 Å². The van der Waals surface area contributed by atoms with Gasteiger partial charge in [0.1, 0.15) is 5.58 Å². The first kappa shape index (κ1) is 18.9. The minimum Gasteiger partial charge on any atom is -0.450 e. The van der Waals surface area contributed by atoms with E-state index in [1.165, 1.54) is 7.11 Å². The molecular weight excluding hydrogens is 352 g/mol. The fourth-order valence-corrected chi connectivity index (χ4v) is 3.20. The molecule has 0 atom stereocenters. The summed E-state index contributed by atoms with van der Waals surface area (Å²) in [7, 11) is 1.51. The Morgan fingerprint density at radius 3 is 2.67 bits per heavy atom. The number of carbonyl (C=O) groups is 3. The Morgan fingerprint density at radius 2 is 1.93 bits per heavy atom. The zero-order valence-corrected chi connectivity index (χ0v) is 15.1. The second-order valence-electron chi connectivity index (χ2n) is 6.42. The lowest BCUT2D eigenvalue weighted by molar-refractivity contribution is -0.123. The number of nitrogens with one attached hydrogen (secondary N) is 2. The Balaban J connectivity index is 1.57. The highest BCUT2D eigenvalue weighted by Crippen LogP contribution is 2.27. The van der Waals surface area contributed by atoms with Crippen molar-refractivity contribution in [2.75, 3.05) is 13.7 Å². The number of imide groups is 1. The highest BCUT2D eigenvalue weighted by Gasteiger charge is 2.23. The Labute approximate surface area is 156 Å². The van der Waals surface area contributed by atoms with E-state index in [0.29, 0.717) is 11.1 Å². The third kappa shape index (κ3) is 4.65. The highest BCUT2D eigenvalue weighted by atomic mass is 16.5. The maximum absolute atomic E-state index is 12.3. The Bertz CT molecular complexity index is 838. The summed E-state index contributed by atoms with van der Waals surface area (Å²) in [4.78, 5) is 35.9. The summed E-state index contributed by atoms with van der Waals surface area (Å²) in [6.07, 6.45) is 3.95. The molecule has 27 heavy (non-hydrogen) atoms. The lowest BCUT2D eigenvalue weighted by Gasteiger charge is -2.12. The van der Waals surface area contributed by atoms with Gasteiger partial charge in [0.05, 0.1) is 6.61 Å². The molecule has 3 rings (SSSR count). The van der Waals surface area contributed by atoms with E-state index in [9.17, 15) is 14.4 Å². The van der Waals surface area contributed by atoms with Crippen molar-refractivity contribution in [3.63, 3.8) is 0 Å². The molecule has 1 saturated carbocycles. The molecule has 3 amide bonds. The van der Waals surface area contributed by atoms with Crippen molar-refractivity contribution in [3.05, 3.63) is 35.6 Å². The largest absolute Gasteiger partial charge is 0.450 e. The van der Waals surface area contributed by atoms with Crippen LogP contribution >= 0.6 is 0 Å². The van der Waals surface area contributed by atoms with E-state index < -0.39 is 24.5 Å². The maximum Gasteiger partial charge on any atom is 0.375 e. The lowest BCUT2D eigenvalue weighted by atomic mass is 10.1. The molecule has 1 aromatic heterocycles. The van der Waals surface area contributed by atoms with Crippen LogP contribution in [0.25, 0.3) is 11.0 Å². The number of carbonyl (C=O) groups excluding carboxylic acids is 3. The number of fused-ring (bicyclic) bond motifs is 1. The monoisotopic (exact) mass is 374 g/mol. The number of methoxy groups -OCH3 is 1. The third-order valence-corrected chi connectivity index (χ3v) is 4.45. The highest BCUT2D eigenvalue weighted by molar-refractivity contribution is 5.99. The zero-order chi connectivity index (χ0) is 19.2. The predicted octanol–water partition coefficient (Wildman–Crippen LogP) is 2.50. The molecule has 0 aliphatic heterocycles. The summed E-state index contributed by atoms with van der Waals surface area (Å²) in [6.45, 7) is -0.419. The van der Waals surface area contributed by atoms with Gasteiger partial charge in [-0.3, -0.25) is 10.1 Å². The molecule has 2 N–H and O–H groups in total. The van der Waals surface area contributed by atoms with Gasteiger partial charge in [-0.1, -0.05) is 31.0 Å². The van der Waals surface area contributed by atoms with Gasteiger partial charge in [0, 0.05) is 24.1 Å². The minimum absolute atomic E-state index is 0.0127. The molecule has 1 aliphatic rings. The number of hydrogen-bond donors (Lipinski definition) is 2. The van der Waals surface area contributed by atoms with Gasteiger partial charge in [-0.2, -0.15) is 0 Å². The van der Waals surface area contributed by atoms with E-state index in [4.69, 9.17) is 13.9 Å². The van der Waals surface area contributed by atoms with Crippen LogP contribution in [0, 0.1) is 0 Å². The minimum atomic E-state index is -0.787. The predicted molar refractivity (Wildman–Crippen MR) is 96.1 cm³/mol. The summed E-state index contributed by atoms with van der Waals surface area (Å²) in [6, 6.07) is 6.66. The topological polar surface area (TPSA) is 107 Å². The van der Waals surface area contributed by atoms with Crippen molar-refractivity contribution in [2.45, 2.75) is 38.3 Å². The SMILES string of the molecule is COCc1c(C(=O)OCC(=O)NC(=O)NC2CCCC2)oc2ccccc12. The maximum atomic E-state index is 12.3. The summed E-state index contributed by atoms with van der Waals surface area (Å²) in [5.41, 5.74) is 1.08. The molecule has 1 aromatic carbocycles. The van der Waals surface area contributed by atoms with Crippen LogP contribution in [0.1, 0.15) is 41.8 Å². The molecule has 0 bridgehead atoms. The lowest BCUT2D eigenvalue weighted by Crippen LogP contribution is -2.45. The number of rotatable bonds is 6. The van der Waals surface area contributed by atoms with Crippen molar-refractivity contribution in [2.24, 2.45) is 0 Å². The van der Waals surface area contributed by atoms with Crippen LogP contribution in [0.3, 0.4) is 0 Å². The Kier molecular flexibility index (Phi) is 6.08. The van der Waals surface area contributed by atoms with Crippen LogP contribution in [0.4, 0.5) is 4.79 Å². The quantitative estimate of drug-likeness (QED) is 0.753. The van der Waals surface area contributed by atoms with Crippen molar-refractivity contribution in [3.8, 4) is 0 Å². The van der Waals surface area contributed by atoms with Crippen LogP contribution in [0.2, 0.25) is 0 Å². The first-order valence-electron chi connectivity index (χ1n) is 8.85. The third-order valence-electron chi connectivity index (χ3n) is 4.45. The summed E-state index contributed by atoms with van der Waals surface area (Å²) in [5, 5.41) is 5.63. The summed E-state index contributed by atoms with van der Waals surface area (Å²) >= 11 is 0. The van der Waals surface area contributed by atoms with E-state index in [1.807, 2.05) is 12.1 Å². The van der Waals surface area contributed by atoms with Crippen LogP contribution in [0.15, 0.2) is 28.7 Å². The van der Waals surface area contributed by atoms with E-state index in [1.54, 1.807) is 12.1 Å². The second kappa shape index (κ2) is 8.68. The van der Waals surface area contributed by atoms with E-state index in [-0.39, 0.29) is 18.4 Å². The van der Waals surface area contributed by atoms with Crippen molar-refractivity contribution >= 4 is 28.9 Å². The molecule has 1 aliphatic carbocycles. The number of esters is 1. The van der Waals surface area contributed by atoms with Gasteiger partial charge in [-0.15, -0.1) is 0 Å². The van der Waals surface area contributed by atoms with Gasteiger partial charge in [0.25, 0.3) is 5.91 Å². The molecular formula is C19H22N2O6. The number of amides is 3. The molecule has 2 aromatic rings. The van der Waals surface area contributed by atoms with Gasteiger partial charge in [0.15, 0.2) is 6.61 Å². The summed E-state index contributed by atoms with van der Waals surface area (Å²) in [5.74, 6) is -1.51. The molecule has 0 saturated heterocycles. The average Bonchev–Trinajstić information content (AvgIpc) is 3.28. The Hall–Kier alpha value is -2.87. The number of ether oxygens (including phenoxy) is 2. The normalized spacial score (nSPS) is 14.3. The second-order valence-corrected chi connectivity index (χ2v) is 6.42. The smallest absolute Gasteiger partial charge is 0.375 e. The number of para-hydroxylation sites is 1. The zero-order valence-electron chi connectivity index (χ0n) is 15.1. The number of urea groups is 1. The van der Waals surface area contributed by atoms with Gasteiger partial charge in [0.2, 0.25) is 5.76 Å².